The van der Waals surface area contributed by atoms with Crippen LogP contribution in [0.15, 0.2) is 72.0 Å². The zero-order valence-corrected chi connectivity index (χ0v) is 27.5. The van der Waals surface area contributed by atoms with Crippen molar-refractivity contribution < 1.29 is 41.8 Å². The average molecular weight is 710 g/mol. The molecule has 0 aliphatic rings. The number of carboxylic acid groups (broad SMARTS) is 1. The second kappa shape index (κ2) is 14.2. The first-order valence-corrected chi connectivity index (χ1v) is 15.0. The number of imidazole rings is 1. The van der Waals surface area contributed by atoms with Gasteiger partial charge in [0.1, 0.15) is 11.4 Å². The molecule has 0 fully saturated rings. The van der Waals surface area contributed by atoms with Gasteiger partial charge in [0.15, 0.2) is 0 Å². The van der Waals surface area contributed by atoms with E-state index in [-0.39, 0.29) is 33.3 Å². The number of carbonyl (C=O) groups is 3. The molecule has 1 unspecified atom stereocenters. The van der Waals surface area contributed by atoms with E-state index in [4.69, 9.17) is 27.9 Å². The van der Waals surface area contributed by atoms with Crippen molar-refractivity contribution in [3.63, 3.8) is 0 Å². The van der Waals surface area contributed by atoms with Crippen molar-refractivity contribution in [2.45, 2.75) is 51.6 Å². The van der Waals surface area contributed by atoms with Gasteiger partial charge in [0.25, 0.3) is 5.91 Å². The Labute approximate surface area is 282 Å². The maximum absolute atomic E-state index is 14.1. The number of hydrogen-bond acceptors (Lipinski definition) is 4. The molecule has 0 aliphatic carbocycles. The Morgan fingerprint density at radius 1 is 0.979 bits per heavy atom. The van der Waals surface area contributed by atoms with Gasteiger partial charge in [-0.25, -0.2) is 9.18 Å². The molecule has 254 valence electrons. The molecule has 0 spiro atoms. The molecule has 0 radical (unpaired) electrons. The van der Waals surface area contributed by atoms with E-state index in [1.807, 2.05) is 0 Å². The Hall–Kier alpha value is -4.62. The highest BCUT2D eigenvalue weighted by molar-refractivity contribution is 6.42. The van der Waals surface area contributed by atoms with Gasteiger partial charge in [-0.3, -0.25) is 9.59 Å². The van der Waals surface area contributed by atoms with E-state index in [1.165, 1.54) is 45.5 Å². The molecule has 2 N–H and O–H groups in total. The van der Waals surface area contributed by atoms with Crippen LogP contribution in [0.25, 0.3) is 11.1 Å². The molecule has 15 heteroatoms. The van der Waals surface area contributed by atoms with Crippen molar-refractivity contribution >= 4 is 41.2 Å². The minimum atomic E-state index is -4.94. The SMILES string of the molecule is Cn1ccn(Cc2cc(C(=O)NC(CC(=O)O)c3ccc(Cl)c(Cl)c3)cc(-c3ccc(F)cc3C(F)(F)F)c2)c1=NC(=O)OC(C)(C)C. The normalized spacial score (nSPS) is 12.9. The van der Waals surface area contributed by atoms with E-state index in [9.17, 15) is 37.1 Å². The van der Waals surface area contributed by atoms with Gasteiger partial charge in [-0.15, -0.1) is 4.99 Å². The summed E-state index contributed by atoms with van der Waals surface area (Å²) in [6, 6.07) is 9.39. The zero-order chi connectivity index (χ0) is 35.6. The number of rotatable bonds is 8. The lowest BCUT2D eigenvalue weighted by molar-refractivity contribution is -0.138. The number of aromatic nitrogens is 2. The lowest BCUT2D eigenvalue weighted by atomic mass is 9.94. The fourth-order valence-electron chi connectivity index (χ4n) is 4.82. The van der Waals surface area contributed by atoms with E-state index in [1.54, 1.807) is 40.2 Å². The fraction of sp³-hybridized carbons (Fsp3) is 0.273. The van der Waals surface area contributed by atoms with Crippen molar-refractivity contribution in [1.29, 1.82) is 0 Å². The average Bonchev–Trinajstić information content (AvgIpc) is 3.30. The summed E-state index contributed by atoms with van der Waals surface area (Å²) in [6.07, 6.45) is -3.20. The summed E-state index contributed by atoms with van der Waals surface area (Å²) in [5.41, 5.74) is -1.93. The van der Waals surface area contributed by atoms with Crippen LogP contribution in [0.4, 0.5) is 22.4 Å². The molecule has 1 atom stereocenters. The second-order valence-electron chi connectivity index (χ2n) is 11.8. The largest absolute Gasteiger partial charge is 0.481 e. The van der Waals surface area contributed by atoms with Gasteiger partial charge >= 0.3 is 18.2 Å². The van der Waals surface area contributed by atoms with E-state index >= 15 is 0 Å². The van der Waals surface area contributed by atoms with Crippen molar-refractivity contribution in [3.05, 3.63) is 111 Å². The molecule has 9 nitrogen and oxygen atoms in total. The van der Waals surface area contributed by atoms with Crippen LogP contribution in [0, 0.1) is 5.82 Å². The monoisotopic (exact) mass is 708 g/mol. The molecule has 0 aliphatic heterocycles. The van der Waals surface area contributed by atoms with Crippen LogP contribution in [0.5, 0.6) is 0 Å². The Morgan fingerprint density at radius 2 is 1.69 bits per heavy atom. The third kappa shape index (κ3) is 9.26. The summed E-state index contributed by atoms with van der Waals surface area (Å²) in [5, 5.41) is 12.5. The van der Waals surface area contributed by atoms with Crippen LogP contribution in [-0.4, -0.2) is 37.8 Å². The quantitative estimate of drug-likeness (QED) is 0.181. The molecule has 4 aromatic rings. The molecule has 0 bridgehead atoms. The number of carboxylic acids is 1. The summed E-state index contributed by atoms with van der Waals surface area (Å²) in [4.78, 5) is 41.9. The lowest BCUT2D eigenvalue weighted by Crippen LogP contribution is -2.30. The van der Waals surface area contributed by atoms with Gasteiger partial charge in [-0.05, 0) is 85.5 Å². The number of amides is 2. The lowest BCUT2D eigenvalue weighted by Gasteiger charge is -2.20. The molecule has 0 saturated heterocycles. The van der Waals surface area contributed by atoms with Crippen LogP contribution in [0.3, 0.4) is 0 Å². The highest BCUT2D eigenvalue weighted by Gasteiger charge is 2.34. The van der Waals surface area contributed by atoms with Crippen LogP contribution in [0.1, 0.15) is 60.3 Å². The van der Waals surface area contributed by atoms with Crippen molar-refractivity contribution in [1.82, 2.24) is 14.5 Å². The fourth-order valence-corrected chi connectivity index (χ4v) is 5.12. The van der Waals surface area contributed by atoms with Crippen molar-refractivity contribution in [3.8, 4) is 11.1 Å². The number of nitrogens with one attached hydrogen (secondary N) is 1. The van der Waals surface area contributed by atoms with Crippen molar-refractivity contribution in [2.24, 2.45) is 12.0 Å². The van der Waals surface area contributed by atoms with Gasteiger partial charge in [-0.1, -0.05) is 35.3 Å². The number of hydrogen-bond donors (Lipinski definition) is 2. The number of benzene rings is 3. The predicted molar refractivity (Wildman–Crippen MR) is 170 cm³/mol. The molecule has 2 amide bonds. The van der Waals surface area contributed by atoms with Gasteiger partial charge in [-0.2, -0.15) is 13.2 Å². The third-order valence-electron chi connectivity index (χ3n) is 6.86. The van der Waals surface area contributed by atoms with Crippen LogP contribution in [0.2, 0.25) is 10.0 Å². The summed E-state index contributed by atoms with van der Waals surface area (Å²) in [7, 11) is 1.62. The van der Waals surface area contributed by atoms with Crippen LogP contribution < -0.4 is 10.9 Å². The summed E-state index contributed by atoms with van der Waals surface area (Å²) < 4.78 is 64.5. The molecular formula is C33H30Cl2F4N4O5. The highest BCUT2D eigenvalue weighted by atomic mass is 35.5. The summed E-state index contributed by atoms with van der Waals surface area (Å²) >= 11 is 12.1. The maximum atomic E-state index is 14.1. The Kier molecular flexibility index (Phi) is 10.7. The van der Waals surface area contributed by atoms with Gasteiger partial charge in [0, 0.05) is 25.0 Å². The number of alkyl halides is 3. The molecule has 0 saturated carbocycles. The summed E-state index contributed by atoms with van der Waals surface area (Å²) in [5.74, 6) is -3.17. The van der Waals surface area contributed by atoms with Crippen LogP contribution in [-0.2, 0) is 29.3 Å². The van der Waals surface area contributed by atoms with E-state index in [0.29, 0.717) is 17.2 Å². The van der Waals surface area contributed by atoms with E-state index < -0.39 is 59.2 Å². The number of nitrogens with zero attached hydrogens (tertiary/aromatic N) is 3. The maximum Gasteiger partial charge on any atom is 0.437 e. The third-order valence-corrected chi connectivity index (χ3v) is 7.60. The van der Waals surface area contributed by atoms with Gasteiger partial charge < -0.3 is 24.3 Å². The number of aliphatic carboxylic acids is 1. The van der Waals surface area contributed by atoms with Gasteiger partial charge in [0.2, 0.25) is 5.62 Å². The number of halogens is 6. The molecule has 1 aromatic heterocycles. The standard InChI is InChI=1S/C33H30Cl2F4N4O5/c1-32(2,3)48-31(47)41-30-42(4)9-10-43(30)17-18-11-20(23-7-6-22(36)15-24(23)33(37,38)39)13-21(12-18)29(46)40-27(16-28(44)45)19-5-8-25(34)26(35)14-19/h5-15,27H,16-17H2,1-4H3,(H,40,46)(H,44,45). The number of carbonyl (C=O) groups excluding carboxylic acids is 2. The molecule has 3 aromatic carbocycles. The van der Waals surface area contributed by atoms with Crippen LogP contribution >= 0.6 is 23.2 Å². The topological polar surface area (TPSA) is 115 Å². The first-order valence-electron chi connectivity index (χ1n) is 14.3. The Morgan fingerprint density at radius 3 is 2.31 bits per heavy atom. The molecular weight excluding hydrogens is 679 g/mol. The minimum Gasteiger partial charge on any atom is -0.481 e. The second-order valence-corrected chi connectivity index (χ2v) is 12.6. The summed E-state index contributed by atoms with van der Waals surface area (Å²) in [6.45, 7) is 4.94. The molecule has 4 rings (SSSR count). The zero-order valence-electron chi connectivity index (χ0n) is 26.0. The van der Waals surface area contributed by atoms with Gasteiger partial charge in [0.05, 0.1) is 34.6 Å². The Balaban J connectivity index is 1.84. The number of aryl methyl sites for hydroxylation is 1. The van der Waals surface area contributed by atoms with E-state index in [0.717, 1.165) is 12.1 Å². The highest BCUT2D eigenvalue weighted by Crippen LogP contribution is 2.38. The van der Waals surface area contributed by atoms with Crippen molar-refractivity contribution in [2.75, 3.05) is 0 Å². The first-order chi connectivity index (χ1) is 22.3. The molecule has 1 heterocycles. The minimum absolute atomic E-state index is 0.0727. The Bertz CT molecular complexity index is 1950. The first kappa shape index (κ1) is 36.2. The molecule has 48 heavy (non-hydrogen) atoms. The van der Waals surface area contributed by atoms with E-state index in [2.05, 4.69) is 10.3 Å². The number of ether oxygens (including phenoxy) is 1. The smallest absolute Gasteiger partial charge is 0.437 e. The predicted octanol–water partition coefficient (Wildman–Crippen LogP) is 7.79.